The lowest BCUT2D eigenvalue weighted by atomic mass is 9.96. The summed E-state index contributed by atoms with van der Waals surface area (Å²) in [5.41, 5.74) is 7.53. The number of fused-ring (bicyclic) bond motifs is 1. The number of nitrogens with zero attached hydrogens (tertiary/aromatic N) is 1. The minimum absolute atomic E-state index is 0.326. The van der Waals surface area contributed by atoms with Crippen LogP contribution in [-0.2, 0) is 0 Å². The number of pyridine rings is 1. The van der Waals surface area contributed by atoms with Crippen molar-refractivity contribution in [3.8, 4) is 0 Å². The van der Waals surface area contributed by atoms with Gasteiger partial charge in [-0.2, -0.15) is 0 Å². The van der Waals surface area contributed by atoms with Crippen molar-refractivity contribution in [1.29, 1.82) is 0 Å². The van der Waals surface area contributed by atoms with E-state index < -0.39 is 6.04 Å². The Labute approximate surface area is 124 Å². The smallest absolute Gasteiger partial charge is 0.142 e. The molecule has 1 aromatic heterocycles. The summed E-state index contributed by atoms with van der Waals surface area (Å²) in [7, 11) is 0. The highest BCUT2D eigenvalue weighted by Gasteiger charge is 2.17. The molecule has 0 fully saturated rings. The Bertz CT molecular complexity index is 768. The van der Waals surface area contributed by atoms with Crippen LogP contribution >= 0.6 is 15.9 Å². The van der Waals surface area contributed by atoms with Crippen molar-refractivity contribution >= 4 is 26.7 Å². The van der Waals surface area contributed by atoms with Gasteiger partial charge in [0.25, 0.3) is 0 Å². The maximum Gasteiger partial charge on any atom is 0.142 e. The number of rotatable bonds is 2. The average molecular weight is 331 g/mol. The first-order valence-corrected chi connectivity index (χ1v) is 7.00. The lowest BCUT2D eigenvalue weighted by Crippen LogP contribution is -2.14. The SMILES string of the molecule is NC(c1cccc(Br)c1F)c1cncc2ccccc12. The third kappa shape index (κ3) is 2.21. The van der Waals surface area contributed by atoms with Crippen LogP contribution in [0.2, 0.25) is 0 Å². The second-order valence-electron chi connectivity index (χ2n) is 4.57. The van der Waals surface area contributed by atoms with Gasteiger partial charge in [-0.25, -0.2) is 4.39 Å². The summed E-state index contributed by atoms with van der Waals surface area (Å²) in [6.07, 6.45) is 3.48. The Morgan fingerprint density at radius 1 is 1.00 bits per heavy atom. The van der Waals surface area contributed by atoms with Crippen LogP contribution in [0.1, 0.15) is 17.2 Å². The molecule has 2 nitrogen and oxygen atoms in total. The summed E-state index contributed by atoms with van der Waals surface area (Å²) in [6, 6.07) is 12.4. The standard InChI is InChI=1S/C16H12BrFN2/c17-14-7-3-6-12(15(14)18)16(19)13-9-20-8-10-4-1-2-5-11(10)13/h1-9,16H,19H2. The van der Waals surface area contributed by atoms with Gasteiger partial charge in [0.15, 0.2) is 0 Å². The van der Waals surface area contributed by atoms with Crippen molar-refractivity contribution in [2.75, 3.05) is 0 Å². The van der Waals surface area contributed by atoms with E-state index in [0.717, 1.165) is 16.3 Å². The van der Waals surface area contributed by atoms with Gasteiger partial charge in [0.2, 0.25) is 0 Å². The van der Waals surface area contributed by atoms with Gasteiger partial charge in [0, 0.05) is 23.3 Å². The van der Waals surface area contributed by atoms with E-state index in [1.54, 1.807) is 30.6 Å². The molecule has 1 atom stereocenters. The molecule has 2 N–H and O–H groups in total. The zero-order valence-electron chi connectivity index (χ0n) is 10.6. The monoisotopic (exact) mass is 330 g/mol. The molecular formula is C16H12BrFN2. The molecule has 0 spiro atoms. The van der Waals surface area contributed by atoms with Crippen LogP contribution in [0, 0.1) is 5.82 Å². The molecule has 2 aromatic carbocycles. The molecule has 3 rings (SSSR count). The van der Waals surface area contributed by atoms with Crippen LogP contribution in [0.25, 0.3) is 10.8 Å². The van der Waals surface area contributed by atoms with Crippen LogP contribution in [0.3, 0.4) is 0 Å². The highest BCUT2D eigenvalue weighted by Crippen LogP contribution is 2.30. The maximum atomic E-state index is 14.2. The predicted octanol–water partition coefficient (Wildman–Crippen LogP) is 4.18. The molecule has 0 amide bonds. The Hall–Kier alpha value is -1.78. The van der Waals surface area contributed by atoms with Crippen LogP contribution in [0.15, 0.2) is 59.3 Å². The van der Waals surface area contributed by atoms with Gasteiger partial charge in [0.05, 0.1) is 10.5 Å². The van der Waals surface area contributed by atoms with E-state index in [1.807, 2.05) is 24.3 Å². The van der Waals surface area contributed by atoms with Crippen molar-refractivity contribution in [3.05, 3.63) is 76.3 Å². The fourth-order valence-electron chi connectivity index (χ4n) is 2.32. The number of benzene rings is 2. The molecule has 1 unspecified atom stereocenters. The van der Waals surface area contributed by atoms with E-state index in [9.17, 15) is 4.39 Å². The van der Waals surface area contributed by atoms with Crippen molar-refractivity contribution in [2.45, 2.75) is 6.04 Å². The zero-order valence-corrected chi connectivity index (χ0v) is 12.1. The quantitative estimate of drug-likeness (QED) is 0.765. The summed E-state index contributed by atoms with van der Waals surface area (Å²) >= 11 is 3.19. The maximum absolute atomic E-state index is 14.2. The van der Waals surface area contributed by atoms with Gasteiger partial charge in [-0.05, 0) is 32.9 Å². The van der Waals surface area contributed by atoms with Gasteiger partial charge in [-0.1, -0.05) is 36.4 Å². The van der Waals surface area contributed by atoms with Crippen LogP contribution in [0.5, 0.6) is 0 Å². The summed E-state index contributed by atoms with van der Waals surface area (Å²) < 4.78 is 14.6. The molecule has 100 valence electrons. The summed E-state index contributed by atoms with van der Waals surface area (Å²) in [5, 5.41) is 1.99. The first-order valence-electron chi connectivity index (χ1n) is 6.20. The topological polar surface area (TPSA) is 38.9 Å². The van der Waals surface area contributed by atoms with Gasteiger partial charge in [-0.15, -0.1) is 0 Å². The highest BCUT2D eigenvalue weighted by atomic mass is 79.9. The molecule has 1 heterocycles. The van der Waals surface area contributed by atoms with E-state index in [0.29, 0.717) is 10.0 Å². The summed E-state index contributed by atoms with van der Waals surface area (Å²) in [6.45, 7) is 0. The average Bonchev–Trinajstić information content (AvgIpc) is 2.49. The number of hydrogen-bond donors (Lipinski definition) is 1. The second-order valence-corrected chi connectivity index (χ2v) is 5.42. The number of nitrogens with two attached hydrogens (primary N) is 1. The lowest BCUT2D eigenvalue weighted by Gasteiger charge is -2.16. The molecule has 0 saturated carbocycles. The second kappa shape index (κ2) is 5.31. The third-order valence-electron chi connectivity index (χ3n) is 3.35. The number of hydrogen-bond acceptors (Lipinski definition) is 2. The molecule has 20 heavy (non-hydrogen) atoms. The molecular weight excluding hydrogens is 319 g/mol. The van der Waals surface area contributed by atoms with E-state index >= 15 is 0 Å². The summed E-state index contributed by atoms with van der Waals surface area (Å²) in [5.74, 6) is -0.326. The highest BCUT2D eigenvalue weighted by molar-refractivity contribution is 9.10. The van der Waals surface area contributed by atoms with Crippen molar-refractivity contribution < 1.29 is 4.39 Å². The fourth-order valence-corrected chi connectivity index (χ4v) is 2.70. The Morgan fingerprint density at radius 2 is 1.80 bits per heavy atom. The van der Waals surface area contributed by atoms with E-state index in [4.69, 9.17) is 5.73 Å². The molecule has 0 aliphatic rings. The zero-order chi connectivity index (χ0) is 14.1. The van der Waals surface area contributed by atoms with Crippen LogP contribution < -0.4 is 5.73 Å². The molecule has 0 bridgehead atoms. The van der Waals surface area contributed by atoms with Gasteiger partial charge < -0.3 is 5.73 Å². The van der Waals surface area contributed by atoms with Crippen LogP contribution in [0.4, 0.5) is 4.39 Å². The molecule has 0 aliphatic carbocycles. The Morgan fingerprint density at radius 3 is 2.65 bits per heavy atom. The molecule has 0 radical (unpaired) electrons. The van der Waals surface area contributed by atoms with Crippen molar-refractivity contribution in [1.82, 2.24) is 4.98 Å². The van der Waals surface area contributed by atoms with Gasteiger partial charge >= 0.3 is 0 Å². The van der Waals surface area contributed by atoms with Crippen LogP contribution in [-0.4, -0.2) is 4.98 Å². The minimum atomic E-state index is -0.550. The first kappa shape index (κ1) is 13.2. The Balaban J connectivity index is 2.18. The van der Waals surface area contributed by atoms with Gasteiger partial charge in [-0.3, -0.25) is 4.98 Å². The van der Waals surface area contributed by atoms with Crippen molar-refractivity contribution in [3.63, 3.8) is 0 Å². The lowest BCUT2D eigenvalue weighted by molar-refractivity contribution is 0.593. The first-order chi connectivity index (χ1) is 9.68. The molecule has 0 aliphatic heterocycles. The normalized spacial score (nSPS) is 12.6. The largest absolute Gasteiger partial charge is 0.320 e. The van der Waals surface area contributed by atoms with Gasteiger partial charge in [0.1, 0.15) is 5.82 Å². The van der Waals surface area contributed by atoms with E-state index in [1.165, 1.54) is 0 Å². The third-order valence-corrected chi connectivity index (χ3v) is 3.96. The molecule has 4 heteroatoms. The van der Waals surface area contributed by atoms with E-state index in [-0.39, 0.29) is 5.82 Å². The predicted molar refractivity (Wildman–Crippen MR) is 81.9 cm³/mol. The number of aromatic nitrogens is 1. The molecule has 0 saturated heterocycles. The minimum Gasteiger partial charge on any atom is -0.320 e. The number of halogens is 2. The summed E-state index contributed by atoms with van der Waals surface area (Å²) in [4.78, 5) is 4.20. The Kier molecular flexibility index (Phi) is 3.51. The molecule has 3 aromatic rings. The van der Waals surface area contributed by atoms with E-state index in [2.05, 4.69) is 20.9 Å². The van der Waals surface area contributed by atoms with Crippen molar-refractivity contribution in [2.24, 2.45) is 5.73 Å². The fraction of sp³-hybridized carbons (Fsp3) is 0.0625.